The molecule has 7 heteroatoms. The minimum Gasteiger partial charge on any atom is -0.319 e. The van der Waals surface area contributed by atoms with Crippen LogP contribution in [-0.4, -0.2) is 14.9 Å². The van der Waals surface area contributed by atoms with Gasteiger partial charge in [0.15, 0.2) is 0 Å². The molecule has 0 spiro atoms. The van der Waals surface area contributed by atoms with Crippen LogP contribution in [0.3, 0.4) is 0 Å². The van der Waals surface area contributed by atoms with Gasteiger partial charge in [0.05, 0.1) is 22.2 Å². The van der Waals surface area contributed by atoms with Gasteiger partial charge in [0.2, 0.25) is 5.82 Å². The fraction of sp³-hybridized carbons (Fsp3) is 0. The first-order valence-electron chi connectivity index (χ1n) is 3.91. The Labute approximate surface area is 81.5 Å². The monoisotopic (exact) mass is 209 g/mol. The molecule has 0 saturated heterocycles. The van der Waals surface area contributed by atoms with Gasteiger partial charge in [-0.1, -0.05) is 0 Å². The smallest absolute Gasteiger partial charge is 0.307 e. The van der Waals surface area contributed by atoms with Crippen molar-refractivity contribution in [3.63, 3.8) is 0 Å². The van der Waals surface area contributed by atoms with Crippen molar-refractivity contribution in [3.8, 4) is 0 Å². The van der Waals surface area contributed by atoms with Crippen LogP contribution >= 0.6 is 0 Å². The molecule has 0 amide bonds. The van der Waals surface area contributed by atoms with Gasteiger partial charge in [0.25, 0.3) is 5.56 Å². The van der Waals surface area contributed by atoms with Crippen LogP contribution in [0.15, 0.2) is 23.1 Å². The molecule has 76 valence electrons. The highest BCUT2D eigenvalue weighted by molar-refractivity contribution is 5.76. The number of fused-ring (bicyclic) bond motifs is 1. The second-order valence-electron chi connectivity index (χ2n) is 2.83. The largest absolute Gasteiger partial charge is 0.319 e. The highest BCUT2D eigenvalue weighted by Crippen LogP contribution is 2.20. The zero-order chi connectivity index (χ0) is 11.0. The molecule has 0 aliphatic carbocycles. The number of hydrogen-bond acceptors (Lipinski definition) is 4. The SMILES string of the molecule is O=c1cnc2cc(F)c([N+](=O)[O-])cc2[nH]1. The van der Waals surface area contributed by atoms with Gasteiger partial charge >= 0.3 is 5.69 Å². The van der Waals surface area contributed by atoms with E-state index in [9.17, 15) is 19.3 Å². The van der Waals surface area contributed by atoms with E-state index in [0.717, 1.165) is 18.3 Å². The Morgan fingerprint density at radius 3 is 2.87 bits per heavy atom. The molecule has 0 saturated carbocycles. The lowest BCUT2D eigenvalue weighted by Crippen LogP contribution is -2.05. The maximum absolute atomic E-state index is 13.1. The third kappa shape index (κ3) is 1.54. The van der Waals surface area contributed by atoms with Gasteiger partial charge in [-0.25, -0.2) is 4.98 Å². The molecule has 6 nitrogen and oxygen atoms in total. The van der Waals surface area contributed by atoms with Gasteiger partial charge in [-0.15, -0.1) is 0 Å². The molecule has 2 rings (SSSR count). The first-order chi connectivity index (χ1) is 7.08. The topological polar surface area (TPSA) is 88.9 Å². The Morgan fingerprint density at radius 1 is 1.47 bits per heavy atom. The normalized spacial score (nSPS) is 10.5. The van der Waals surface area contributed by atoms with Crippen LogP contribution < -0.4 is 5.56 Å². The predicted octanol–water partition coefficient (Wildman–Crippen LogP) is 0.970. The maximum atomic E-state index is 13.1. The Balaban J connectivity index is 2.83. The molecule has 0 unspecified atom stereocenters. The molecular weight excluding hydrogens is 205 g/mol. The fourth-order valence-electron chi connectivity index (χ4n) is 1.19. The predicted molar refractivity (Wildman–Crippen MR) is 49.0 cm³/mol. The second kappa shape index (κ2) is 3.12. The Kier molecular flexibility index (Phi) is 1.93. The molecular formula is C8H4FN3O3. The summed E-state index contributed by atoms with van der Waals surface area (Å²) in [6.45, 7) is 0. The van der Waals surface area contributed by atoms with Gasteiger partial charge in [-0.05, 0) is 0 Å². The highest BCUT2D eigenvalue weighted by atomic mass is 19.1. The van der Waals surface area contributed by atoms with Crippen LogP contribution in [0.25, 0.3) is 11.0 Å². The average molecular weight is 209 g/mol. The summed E-state index contributed by atoms with van der Waals surface area (Å²) >= 11 is 0. The number of halogens is 1. The highest BCUT2D eigenvalue weighted by Gasteiger charge is 2.15. The van der Waals surface area contributed by atoms with Crippen LogP contribution in [0.1, 0.15) is 0 Å². The molecule has 0 bridgehead atoms. The number of nitro benzene ring substituents is 1. The lowest BCUT2D eigenvalue weighted by Gasteiger charge is -1.97. The number of aromatic amines is 1. The third-order valence-corrected chi connectivity index (χ3v) is 1.84. The van der Waals surface area contributed by atoms with Crippen molar-refractivity contribution >= 4 is 16.7 Å². The van der Waals surface area contributed by atoms with E-state index in [1.807, 2.05) is 0 Å². The summed E-state index contributed by atoms with van der Waals surface area (Å²) in [7, 11) is 0. The molecule has 1 aromatic heterocycles. The van der Waals surface area contributed by atoms with Crippen molar-refractivity contribution in [1.29, 1.82) is 0 Å². The number of hydrogen-bond donors (Lipinski definition) is 1. The van der Waals surface area contributed by atoms with Gasteiger partial charge < -0.3 is 4.98 Å². The number of nitrogens with one attached hydrogen (secondary N) is 1. The number of benzene rings is 1. The van der Waals surface area contributed by atoms with Crippen LogP contribution in [0.5, 0.6) is 0 Å². The molecule has 0 aliphatic heterocycles. The van der Waals surface area contributed by atoms with Crippen LogP contribution in [0.4, 0.5) is 10.1 Å². The van der Waals surface area contributed by atoms with E-state index >= 15 is 0 Å². The molecule has 1 N–H and O–H groups in total. The van der Waals surface area contributed by atoms with E-state index in [1.54, 1.807) is 0 Å². The van der Waals surface area contributed by atoms with E-state index < -0.39 is 22.0 Å². The van der Waals surface area contributed by atoms with Crippen LogP contribution in [0.2, 0.25) is 0 Å². The molecule has 15 heavy (non-hydrogen) atoms. The summed E-state index contributed by atoms with van der Waals surface area (Å²) in [6.07, 6.45) is 0.980. The number of nitrogens with zero attached hydrogens (tertiary/aromatic N) is 2. The minimum absolute atomic E-state index is 0.135. The third-order valence-electron chi connectivity index (χ3n) is 1.84. The zero-order valence-electron chi connectivity index (χ0n) is 7.23. The average Bonchev–Trinajstić information content (AvgIpc) is 2.17. The molecule has 0 aliphatic rings. The fourth-order valence-corrected chi connectivity index (χ4v) is 1.19. The number of aromatic nitrogens is 2. The first-order valence-corrected chi connectivity index (χ1v) is 3.91. The lowest BCUT2D eigenvalue weighted by molar-refractivity contribution is -0.387. The quantitative estimate of drug-likeness (QED) is 0.559. The molecule has 1 aromatic carbocycles. The van der Waals surface area contributed by atoms with E-state index in [2.05, 4.69) is 9.97 Å². The van der Waals surface area contributed by atoms with Crippen molar-refractivity contribution < 1.29 is 9.31 Å². The van der Waals surface area contributed by atoms with Crippen molar-refractivity contribution in [2.45, 2.75) is 0 Å². The molecule has 0 radical (unpaired) electrons. The van der Waals surface area contributed by atoms with Gasteiger partial charge in [-0.3, -0.25) is 14.9 Å². The van der Waals surface area contributed by atoms with Gasteiger partial charge in [-0.2, -0.15) is 4.39 Å². The number of rotatable bonds is 1. The van der Waals surface area contributed by atoms with Crippen molar-refractivity contribution in [2.75, 3.05) is 0 Å². The maximum Gasteiger partial charge on any atom is 0.307 e. The van der Waals surface area contributed by atoms with Crippen molar-refractivity contribution in [3.05, 3.63) is 44.6 Å². The Hall–Kier alpha value is -2.31. The lowest BCUT2D eigenvalue weighted by atomic mass is 10.2. The van der Waals surface area contributed by atoms with E-state index in [1.165, 1.54) is 0 Å². The summed E-state index contributed by atoms with van der Waals surface area (Å²) in [5, 5.41) is 10.4. The Morgan fingerprint density at radius 2 is 2.20 bits per heavy atom. The minimum atomic E-state index is -0.980. The van der Waals surface area contributed by atoms with Crippen LogP contribution in [-0.2, 0) is 0 Å². The Bertz CT molecular complexity index is 608. The van der Waals surface area contributed by atoms with E-state index in [4.69, 9.17) is 0 Å². The van der Waals surface area contributed by atoms with Crippen molar-refractivity contribution in [1.82, 2.24) is 9.97 Å². The molecule has 1 heterocycles. The zero-order valence-corrected chi connectivity index (χ0v) is 7.23. The summed E-state index contributed by atoms with van der Waals surface area (Å²) in [5.74, 6) is -0.980. The van der Waals surface area contributed by atoms with Gasteiger partial charge in [0.1, 0.15) is 0 Å². The standard InChI is InChI=1S/C8H4FN3O3/c9-4-1-5-6(2-7(4)12(14)15)11-8(13)3-10-5/h1-3H,(H,11,13). The van der Waals surface area contributed by atoms with E-state index in [-0.39, 0.29) is 11.0 Å². The summed E-state index contributed by atoms with van der Waals surface area (Å²) in [6, 6.07) is 1.85. The molecule has 0 fully saturated rings. The number of H-pyrrole nitrogens is 1. The number of nitro groups is 1. The van der Waals surface area contributed by atoms with Crippen LogP contribution in [0, 0.1) is 15.9 Å². The summed E-state index contributed by atoms with van der Waals surface area (Å²) in [4.78, 5) is 26.4. The molecule has 0 atom stereocenters. The first kappa shape index (κ1) is 9.25. The summed E-state index contributed by atoms with van der Waals surface area (Å²) < 4.78 is 13.1. The summed E-state index contributed by atoms with van der Waals surface area (Å²) in [5.41, 5.74) is -0.886. The van der Waals surface area contributed by atoms with E-state index in [0.29, 0.717) is 0 Å². The van der Waals surface area contributed by atoms with Gasteiger partial charge in [0, 0.05) is 12.1 Å². The molecule has 2 aromatic rings. The second-order valence-corrected chi connectivity index (χ2v) is 2.83. The van der Waals surface area contributed by atoms with Crippen molar-refractivity contribution in [2.24, 2.45) is 0 Å².